The maximum absolute atomic E-state index is 12.8. The normalized spacial score (nSPS) is 12.7. The Bertz CT molecular complexity index is 1290. The predicted octanol–water partition coefficient (Wildman–Crippen LogP) is 18.4. The number of unbranched alkanes of at least 4 members (excludes halogenated alkanes) is 24. The molecule has 0 heterocycles. The summed E-state index contributed by atoms with van der Waals surface area (Å²) in [5.41, 5.74) is 0. The van der Waals surface area contributed by atoms with Crippen molar-refractivity contribution in [3.8, 4) is 0 Å². The first-order valence-electron chi connectivity index (χ1n) is 27.6. The molecule has 0 radical (unpaired) electrons. The van der Waals surface area contributed by atoms with Gasteiger partial charge < -0.3 is 14.2 Å². The number of hydrogen-bond donors (Lipinski definition) is 0. The fraction of sp³-hybridized carbons (Fsp3) is 0.717. The van der Waals surface area contributed by atoms with E-state index in [-0.39, 0.29) is 31.1 Å². The predicted molar refractivity (Wildman–Crippen MR) is 284 cm³/mol. The molecule has 0 fully saturated rings. The molecule has 1 unspecified atom stereocenters. The van der Waals surface area contributed by atoms with E-state index in [4.69, 9.17) is 14.2 Å². The van der Waals surface area contributed by atoms with E-state index in [0.717, 1.165) is 116 Å². The van der Waals surface area contributed by atoms with Crippen molar-refractivity contribution in [3.05, 3.63) is 85.1 Å². The van der Waals surface area contributed by atoms with E-state index < -0.39 is 6.10 Å². The molecule has 0 aromatic rings. The molecule has 0 bridgehead atoms. The fourth-order valence-corrected chi connectivity index (χ4v) is 7.50. The van der Waals surface area contributed by atoms with Gasteiger partial charge in [0.2, 0.25) is 0 Å². The smallest absolute Gasteiger partial charge is 0.306 e. The average molecular weight is 919 g/mol. The van der Waals surface area contributed by atoms with Crippen LogP contribution in [0.15, 0.2) is 85.1 Å². The van der Waals surface area contributed by atoms with Gasteiger partial charge in [-0.3, -0.25) is 14.4 Å². The third-order valence-corrected chi connectivity index (χ3v) is 11.6. The Labute approximate surface area is 407 Å². The number of allylic oxidation sites excluding steroid dienone is 14. The molecule has 1 atom stereocenters. The van der Waals surface area contributed by atoms with Gasteiger partial charge in [0.1, 0.15) is 13.2 Å². The lowest BCUT2D eigenvalue weighted by atomic mass is 10.1. The summed E-state index contributed by atoms with van der Waals surface area (Å²) >= 11 is 0. The Morgan fingerprint density at radius 1 is 0.318 bits per heavy atom. The summed E-state index contributed by atoms with van der Waals surface area (Å²) in [7, 11) is 0. The number of carbonyl (C=O) groups is 3. The van der Waals surface area contributed by atoms with E-state index in [1.165, 1.54) is 103 Å². The van der Waals surface area contributed by atoms with Crippen LogP contribution in [0.2, 0.25) is 0 Å². The van der Waals surface area contributed by atoms with Crippen molar-refractivity contribution in [2.24, 2.45) is 0 Å². The zero-order valence-electron chi connectivity index (χ0n) is 43.2. The van der Waals surface area contributed by atoms with Gasteiger partial charge in [-0.25, -0.2) is 0 Å². The van der Waals surface area contributed by atoms with Gasteiger partial charge in [0.25, 0.3) is 0 Å². The number of esters is 3. The van der Waals surface area contributed by atoms with Gasteiger partial charge in [0, 0.05) is 19.3 Å². The summed E-state index contributed by atoms with van der Waals surface area (Å²) in [6.07, 6.45) is 70.4. The molecule has 6 nitrogen and oxygen atoms in total. The topological polar surface area (TPSA) is 78.9 Å². The monoisotopic (exact) mass is 919 g/mol. The molecule has 0 aromatic heterocycles. The SMILES string of the molecule is CC/C=C\C/C=C\C/C=C\C/C=C\C/C=C\C/C=C\CCCCCCCCC(=O)OCC(COC(=O)CCCCCCC)OC(=O)CCCCCCCCC/C=C\CCCCCCCCC. The van der Waals surface area contributed by atoms with Crippen LogP contribution in [-0.4, -0.2) is 37.2 Å². The largest absolute Gasteiger partial charge is 0.462 e. The summed E-state index contributed by atoms with van der Waals surface area (Å²) in [5.74, 6) is -0.915. The van der Waals surface area contributed by atoms with Crippen LogP contribution in [0.5, 0.6) is 0 Å². The van der Waals surface area contributed by atoms with E-state index in [0.29, 0.717) is 19.3 Å². The van der Waals surface area contributed by atoms with Crippen LogP contribution in [-0.2, 0) is 28.6 Å². The van der Waals surface area contributed by atoms with Gasteiger partial charge in [0.15, 0.2) is 6.10 Å². The second kappa shape index (κ2) is 54.2. The van der Waals surface area contributed by atoms with Crippen molar-refractivity contribution in [3.63, 3.8) is 0 Å². The molecule has 0 N–H and O–H groups in total. The van der Waals surface area contributed by atoms with Crippen molar-refractivity contribution in [2.75, 3.05) is 13.2 Å². The van der Waals surface area contributed by atoms with Crippen LogP contribution in [0.4, 0.5) is 0 Å². The third kappa shape index (κ3) is 51.6. The fourth-order valence-electron chi connectivity index (χ4n) is 7.50. The molecule has 6 heteroatoms. The lowest BCUT2D eigenvalue weighted by Gasteiger charge is -2.18. The number of ether oxygens (including phenoxy) is 3. The van der Waals surface area contributed by atoms with Crippen molar-refractivity contribution >= 4 is 17.9 Å². The highest BCUT2D eigenvalue weighted by Crippen LogP contribution is 2.14. The van der Waals surface area contributed by atoms with Crippen LogP contribution >= 0.6 is 0 Å². The molecule has 66 heavy (non-hydrogen) atoms. The van der Waals surface area contributed by atoms with E-state index in [9.17, 15) is 14.4 Å². The summed E-state index contributed by atoms with van der Waals surface area (Å²) in [6.45, 7) is 6.43. The Balaban J connectivity index is 4.17. The number of hydrogen-bond acceptors (Lipinski definition) is 6. The van der Waals surface area contributed by atoms with E-state index >= 15 is 0 Å². The number of rotatable bonds is 49. The minimum absolute atomic E-state index is 0.0836. The lowest BCUT2D eigenvalue weighted by molar-refractivity contribution is -0.167. The first kappa shape index (κ1) is 62.6. The van der Waals surface area contributed by atoms with Crippen molar-refractivity contribution in [1.29, 1.82) is 0 Å². The second-order valence-electron chi connectivity index (χ2n) is 18.1. The van der Waals surface area contributed by atoms with Gasteiger partial charge in [-0.15, -0.1) is 0 Å². The molecule has 0 spiro atoms. The molecule has 0 amide bonds. The minimum atomic E-state index is -0.781. The van der Waals surface area contributed by atoms with Gasteiger partial charge in [0.05, 0.1) is 0 Å². The Morgan fingerprint density at radius 2 is 0.591 bits per heavy atom. The van der Waals surface area contributed by atoms with Crippen molar-refractivity contribution in [2.45, 2.75) is 264 Å². The summed E-state index contributed by atoms with van der Waals surface area (Å²) in [5, 5.41) is 0. The first-order valence-corrected chi connectivity index (χ1v) is 27.6. The second-order valence-corrected chi connectivity index (χ2v) is 18.1. The van der Waals surface area contributed by atoms with Crippen molar-refractivity contribution < 1.29 is 28.6 Å². The first-order chi connectivity index (χ1) is 32.5. The highest BCUT2D eigenvalue weighted by molar-refractivity contribution is 5.71. The maximum Gasteiger partial charge on any atom is 0.306 e. The molecule has 378 valence electrons. The molecule has 0 saturated carbocycles. The quantitative estimate of drug-likeness (QED) is 0.0262. The highest BCUT2D eigenvalue weighted by Gasteiger charge is 2.19. The van der Waals surface area contributed by atoms with Gasteiger partial charge >= 0.3 is 17.9 Å². The van der Waals surface area contributed by atoms with Crippen LogP contribution in [0, 0.1) is 0 Å². The minimum Gasteiger partial charge on any atom is -0.462 e. The van der Waals surface area contributed by atoms with Crippen LogP contribution in [0.25, 0.3) is 0 Å². The Morgan fingerprint density at radius 3 is 0.939 bits per heavy atom. The average Bonchev–Trinajstić information content (AvgIpc) is 3.31. The Kier molecular flexibility index (Phi) is 51.4. The lowest BCUT2D eigenvalue weighted by Crippen LogP contribution is -2.30. The Hall–Kier alpha value is -3.41. The summed E-state index contributed by atoms with van der Waals surface area (Å²) in [4.78, 5) is 37.7. The summed E-state index contributed by atoms with van der Waals surface area (Å²) in [6, 6.07) is 0. The van der Waals surface area contributed by atoms with Gasteiger partial charge in [-0.1, -0.05) is 228 Å². The van der Waals surface area contributed by atoms with E-state index in [2.05, 4.69) is 106 Å². The standard InChI is InChI=1S/C60H102O6/c1-4-7-10-13-15-17-19-21-23-25-27-28-29-30-31-32-33-35-36-38-40-42-44-47-50-53-59(62)65-56-57(55-64-58(61)52-49-46-12-9-6-3)66-60(63)54-51-48-45-43-41-39-37-34-26-24-22-20-18-16-14-11-8-5-2/h7,10,15,17,21,23-24,26-28,30-31,33,35,57H,4-6,8-9,11-14,16,18-20,22,25,29,32,34,36-56H2,1-3H3/b10-7-,17-15-,23-21-,26-24-,28-27-,31-30-,35-33-. The molecular formula is C60H102O6. The molecular weight excluding hydrogens is 817 g/mol. The molecule has 0 aliphatic carbocycles. The molecule has 0 aromatic carbocycles. The van der Waals surface area contributed by atoms with E-state index in [1.807, 2.05) is 0 Å². The summed E-state index contributed by atoms with van der Waals surface area (Å²) < 4.78 is 16.7. The van der Waals surface area contributed by atoms with Crippen LogP contribution in [0.3, 0.4) is 0 Å². The zero-order chi connectivity index (χ0) is 47.9. The zero-order valence-corrected chi connectivity index (χ0v) is 43.2. The van der Waals surface area contributed by atoms with Gasteiger partial charge in [-0.2, -0.15) is 0 Å². The molecule has 0 aliphatic rings. The van der Waals surface area contributed by atoms with E-state index in [1.54, 1.807) is 0 Å². The van der Waals surface area contributed by atoms with Crippen LogP contribution in [0.1, 0.15) is 258 Å². The van der Waals surface area contributed by atoms with Gasteiger partial charge in [-0.05, 0) is 96.3 Å². The number of carbonyl (C=O) groups excluding carboxylic acids is 3. The third-order valence-electron chi connectivity index (χ3n) is 11.6. The van der Waals surface area contributed by atoms with Crippen molar-refractivity contribution in [1.82, 2.24) is 0 Å². The van der Waals surface area contributed by atoms with Crippen LogP contribution < -0.4 is 0 Å². The maximum atomic E-state index is 12.8. The highest BCUT2D eigenvalue weighted by atomic mass is 16.6. The molecule has 0 rings (SSSR count). The molecule has 0 aliphatic heterocycles. The molecule has 0 saturated heterocycles.